The van der Waals surface area contributed by atoms with E-state index in [1.54, 1.807) is 29.1 Å². The smallest absolute Gasteiger partial charge is 0.285 e. The zero-order valence-electron chi connectivity index (χ0n) is 8.58. The molecule has 0 aliphatic rings. The number of benzene rings is 1. The minimum Gasteiger partial charge on any atom is -0.285 e. The normalized spacial score (nSPS) is 12.1. The summed E-state index contributed by atoms with van der Waals surface area (Å²) < 4.78 is 1.68. The number of carbonyl (C=O) groups is 1. The number of pyridine rings is 1. The predicted molar refractivity (Wildman–Crippen MR) is 62.3 cm³/mol. The summed E-state index contributed by atoms with van der Waals surface area (Å²) in [5.74, 6) is -0.0986. The van der Waals surface area contributed by atoms with Gasteiger partial charge in [-0.2, -0.15) is 4.57 Å². The molecule has 80 valence electrons. The number of nitrogens with zero attached hydrogens (tertiary/aromatic N) is 1. The third kappa shape index (κ3) is 2.28. The number of aromatic nitrogens is 1. The number of carbonyl (C=O) groups excluding carboxylic acids is 1. The number of rotatable bonds is 3. The van der Waals surface area contributed by atoms with E-state index in [-0.39, 0.29) is 5.78 Å². The lowest BCUT2D eigenvalue weighted by molar-refractivity contribution is -0.688. The molecule has 0 aliphatic carbocycles. The molecule has 0 saturated carbocycles. The first-order chi connectivity index (χ1) is 7.79. The lowest BCUT2D eigenvalue weighted by Crippen LogP contribution is -2.39. The van der Waals surface area contributed by atoms with Gasteiger partial charge in [-0.15, -0.1) is 0 Å². The van der Waals surface area contributed by atoms with Crippen molar-refractivity contribution in [2.24, 2.45) is 0 Å². The molecule has 0 radical (unpaired) electrons. The first-order valence-electron chi connectivity index (χ1n) is 4.98. The summed E-state index contributed by atoms with van der Waals surface area (Å²) in [6.07, 6.45) is 3.55. The molecule has 0 spiro atoms. The van der Waals surface area contributed by atoms with Gasteiger partial charge in [0.1, 0.15) is 0 Å². The van der Waals surface area contributed by atoms with Gasteiger partial charge in [0.2, 0.25) is 5.78 Å². The molecule has 2 aromatic rings. The Morgan fingerprint density at radius 3 is 2.19 bits per heavy atom. The Hall–Kier alpha value is -1.67. The number of Topliss-reactive ketones (excluding diaryl/α,β-unsaturated/α-hetero) is 1. The largest absolute Gasteiger partial charge is 0.295 e. The van der Waals surface area contributed by atoms with Gasteiger partial charge in [-0.3, -0.25) is 4.79 Å². The summed E-state index contributed by atoms with van der Waals surface area (Å²) in [7, 11) is 0. The maximum absolute atomic E-state index is 12.0. The van der Waals surface area contributed by atoms with Gasteiger partial charge in [0.25, 0.3) is 5.50 Å². The number of ketones is 1. The van der Waals surface area contributed by atoms with Crippen LogP contribution in [0.1, 0.15) is 15.9 Å². The molecule has 1 atom stereocenters. The summed E-state index contributed by atoms with van der Waals surface area (Å²) in [4.78, 5) is 12.0. The summed E-state index contributed by atoms with van der Waals surface area (Å²) in [6, 6.07) is 14.6. The van der Waals surface area contributed by atoms with Crippen LogP contribution in [0.5, 0.6) is 0 Å². The highest BCUT2D eigenvalue weighted by Crippen LogP contribution is 2.12. The number of alkyl halides is 1. The molecular formula is C13H11ClNO+. The Balaban J connectivity index is 2.24. The number of hydrogen-bond donors (Lipinski definition) is 0. The fraction of sp³-hybridized carbons (Fsp3) is 0.0769. The monoisotopic (exact) mass is 232 g/mol. The van der Waals surface area contributed by atoms with Gasteiger partial charge < -0.3 is 0 Å². The van der Waals surface area contributed by atoms with Crippen LogP contribution in [0.2, 0.25) is 0 Å². The van der Waals surface area contributed by atoms with E-state index in [4.69, 9.17) is 11.6 Å². The SMILES string of the molecule is O=C(c1ccccc1)C(Cl)[n+]1ccccc1. The highest BCUT2D eigenvalue weighted by Gasteiger charge is 2.24. The van der Waals surface area contributed by atoms with E-state index < -0.39 is 5.50 Å². The van der Waals surface area contributed by atoms with Crippen LogP contribution < -0.4 is 4.57 Å². The van der Waals surface area contributed by atoms with Crippen LogP contribution in [0.25, 0.3) is 0 Å². The summed E-state index contributed by atoms with van der Waals surface area (Å²) in [6.45, 7) is 0. The third-order valence-electron chi connectivity index (χ3n) is 2.28. The van der Waals surface area contributed by atoms with Crippen molar-refractivity contribution >= 4 is 17.4 Å². The van der Waals surface area contributed by atoms with Crippen LogP contribution in [0.4, 0.5) is 0 Å². The van der Waals surface area contributed by atoms with E-state index in [0.29, 0.717) is 5.56 Å². The van der Waals surface area contributed by atoms with E-state index in [0.717, 1.165) is 0 Å². The van der Waals surface area contributed by atoms with Crippen LogP contribution in [-0.2, 0) is 0 Å². The second-order valence-corrected chi connectivity index (χ2v) is 3.80. The lowest BCUT2D eigenvalue weighted by Gasteiger charge is -2.03. The predicted octanol–water partition coefficient (Wildman–Crippen LogP) is 2.59. The molecule has 0 aliphatic heterocycles. The van der Waals surface area contributed by atoms with Gasteiger partial charge in [0.05, 0.1) is 0 Å². The molecule has 1 aromatic carbocycles. The Morgan fingerprint density at radius 2 is 1.56 bits per heavy atom. The topological polar surface area (TPSA) is 20.9 Å². The molecule has 1 heterocycles. The quantitative estimate of drug-likeness (QED) is 0.453. The van der Waals surface area contributed by atoms with Crippen LogP contribution in [0.15, 0.2) is 60.9 Å². The number of halogens is 1. The van der Waals surface area contributed by atoms with Crippen molar-refractivity contribution in [2.75, 3.05) is 0 Å². The van der Waals surface area contributed by atoms with E-state index >= 15 is 0 Å². The van der Waals surface area contributed by atoms with E-state index in [1.807, 2.05) is 36.4 Å². The minimum atomic E-state index is -0.691. The van der Waals surface area contributed by atoms with Gasteiger partial charge in [0, 0.05) is 17.7 Å². The van der Waals surface area contributed by atoms with Crippen molar-refractivity contribution < 1.29 is 9.36 Å². The van der Waals surface area contributed by atoms with Crippen molar-refractivity contribution in [3.63, 3.8) is 0 Å². The van der Waals surface area contributed by atoms with Gasteiger partial charge in [0.15, 0.2) is 12.4 Å². The minimum absolute atomic E-state index is 0.0986. The van der Waals surface area contributed by atoms with Crippen LogP contribution in [0, 0.1) is 0 Å². The molecule has 0 amide bonds. The molecule has 2 nitrogen and oxygen atoms in total. The van der Waals surface area contributed by atoms with Crippen molar-refractivity contribution in [3.05, 3.63) is 66.5 Å². The summed E-state index contributed by atoms with van der Waals surface area (Å²) in [5, 5.41) is 0. The zero-order valence-corrected chi connectivity index (χ0v) is 9.34. The molecule has 0 saturated heterocycles. The summed E-state index contributed by atoms with van der Waals surface area (Å²) in [5.41, 5.74) is -0.0672. The maximum atomic E-state index is 12.0. The van der Waals surface area contributed by atoms with E-state index in [1.165, 1.54) is 0 Å². The molecule has 1 unspecified atom stereocenters. The van der Waals surface area contributed by atoms with Gasteiger partial charge in [-0.25, -0.2) is 0 Å². The molecule has 16 heavy (non-hydrogen) atoms. The van der Waals surface area contributed by atoms with Crippen LogP contribution in [-0.4, -0.2) is 5.78 Å². The zero-order chi connectivity index (χ0) is 11.4. The standard InChI is InChI=1S/C13H11ClNO/c14-13(15-9-5-2-6-10-15)12(16)11-7-3-1-4-8-11/h1-10,13H/q+1. The van der Waals surface area contributed by atoms with Crippen molar-refractivity contribution in [1.82, 2.24) is 0 Å². The summed E-state index contributed by atoms with van der Waals surface area (Å²) >= 11 is 6.10. The Bertz CT molecular complexity index is 470. The van der Waals surface area contributed by atoms with Gasteiger partial charge in [-0.1, -0.05) is 36.4 Å². The van der Waals surface area contributed by atoms with E-state index in [9.17, 15) is 4.79 Å². The van der Waals surface area contributed by atoms with Gasteiger partial charge >= 0.3 is 0 Å². The number of hydrogen-bond acceptors (Lipinski definition) is 1. The third-order valence-corrected chi connectivity index (χ3v) is 2.70. The van der Waals surface area contributed by atoms with Crippen LogP contribution >= 0.6 is 11.6 Å². The molecule has 0 N–H and O–H groups in total. The highest BCUT2D eigenvalue weighted by atomic mass is 35.5. The molecule has 2 rings (SSSR count). The molecule has 0 bridgehead atoms. The van der Waals surface area contributed by atoms with Gasteiger partial charge in [-0.05, 0) is 11.6 Å². The average Bonchev–Trinajstić information content (AvgIpc) is 2.39. The van der Waals surface area contributed by atoms with Crippen molar-refractivity contribution in [2.45, 2.75) is 5.50 Å². The second kappa shape index (κ2) is 4.90. The Kier molecular flexibility index (Phi) is 3.32. The molecule has 3 heteroatoms. The lowest BCUT2D eigenvalue weighted by atomic mass is 10.1. The average molecular weight is 233 g/mol. The first kappa shape index (κ1) is 10.8. The Labute approximate surface area is 99.1 Å². The van der Waals surface area contributed by atoms with E-state index in [2.05, 4.69) is 0 Å². The fourth-order valence-corrected chi connectivity index (χ4v) is 1.69. The highest BCUT2D eigenvalue weighted by molar-refractivity contribution is 6.30. The van der Waals surface area contributed by atoms with Crippen molar-refractivity contribution in [3.8, 4) is 0 Å². The maximum Gasteiger partial charge on any atom is 0.295 e. The Morgan fingerprint density at radius 1 is 1.00 bits per heavy atom. The van der Waals surface area contributed by atoms with Crippen LogP contribution in [0.3, 0.4) is 0 Å². The second-order valence-electron chi connectivity index (χ2n) is 3.39. The molecule has 1 aromatic heterocycles. The fourth-order valence-electron chi connectivity index (χ4n) is 1.44. The van der Waals surface area contributed by atoms with Crippen molar-refractivity contribution in [1.29, 1.82) is 0 Å². The molecule has 0 fully saturated rings. The first-order valence-corrected chi connectivity index (χ1v) is 5.42. The molecular weight excluding hydrogens is 222 g/mol.